The van der Waals surface area contributed by atoms with Crippen molar-refractivity contribution in [3.63, 3.8) is 0 Å². The van der Waals surface area contributed by atoms with Gasteiger partial charge in [-0.3, -0.25) is 9.59 Å². The number of hydrogen-bond donors (Lipinski definition) is 0. The molecule has 7 heteroatoms. The zero-order valence-electron chi connectivity index (χ0n) is 16.9. The number of methoxy groups -OCH3 is 1. The van der Waals surface area contributed by atoms with Crippen LogP contribution >= 0.6 is 0 Å². The van der Waals surface area contributed by atoms with Gasteiger partial charge in [0.1, 0.15) is 11.5 Å². The smallest absolute Gasteiger partial charge is 0.337 e. The van der Waals surface area contributed by atoms with Crippen LogP contribution in [0.15, 0.2) is 58.1 Å². The number of nitrogens with zero attached hydrogens (tertiary/aromatic N) is 2. The lowest BCUT2D eigenvalue weighted by atomic mass is 9.85. The maximum absolute atomic E-state index is 13.0. The van der Waals surface area contributed by atoms with Crippen LogP contribution in [0, 0.1) is 29.1 Å². The van der Waals surface area contributed by atoms with Gasteiger partial charge >= 0.3 is 5.97 Å². The summed E-state index contributed by atoms with van der Waals surface area (Å²) in [7, 11) is 1.33. The fourth-order valence-electron chi connectivity index (χ4n) is 5.79. The van der Waals surface area contributed by atoms with E-state index in [0.717, 1.165) is 17.9 Å². The SMILES string of the molecule is COC(=O)c1cccc(-c2ccc(/C=N\N3C(=O)[C@@H]4[C@@H](C3=O)[C@H]3C=C[C@H]4C34CC4)o2)c1. The van der Waals surface area contributed by atoms with Crippen LogP contribution in [0.4, 0.5) is 0 Å². The highest BCUT2D eigenvalue weighted by Gasteiger charge is 2.73. The van der Waals surface area contributed by atoms with Crippen LogP contribution in [-0.4, -0.2) is 36.1 Å². The Morgan fingerprint density at radius 2 is 1.84 bits per heavy atom. The summed E-state index contributed by atoms with van der Waals surface area (Å²) >= 11 is 0. The first-order valence-corrected chi connectivity index (χ1v) is 10.4. The Labute approximate surface area is 178 Å². The van der Waals surface area contributed by atoms with Crippen molar-refractivity contribution in [2.45, 2.75) is 12.8 Å². The van der Waals surface area contributed by atoms with Gasteiger partial charge < -0.3 is 9.15 Å². The van der Waals surface area contributed by atoms with E-state index in [2.05, 4.69) is 17.3 Å². The van der Waals surface area contributed by atoms with Gasteiger partial charge in [0.15, 0.2) is 0 Å². The molecule has 31 heavy (non-hydrogen) atoms. The number of fused-ring (bicyclic) bond motifs is 3. The number of benzene rings is 1. The molecule has 6 rings (SSSR count). The molecule has 3 aliphatic carbocycles. The quantitative estimate of drug-likeness (QED) is 0.330. The number of ether oxygens (including phenoxy) is 1. The second kappa shape index (κ2) is 6.26. The first kappa shape index (κ1) is 18.3. The van der Waals surface area contributed by atoms with E-state index in [9.17, 15) is 14.4 Å². The fourth-order valence-corrected chi connectivity index (χ4v) is 5.79. The van der Waals surface area contributed by atoms with E-state index in [0.29, 0.717) is 22.6 Å². The van der Waals surface area contributed by atoms with Crippen LogP contribution in [-0.2, 0) is 14.3 Å². The van der Waals surface area contributed by atoms with Crippen molar-refractivity contribution in [2.75, 3.05) is 7.11 Å². The summed E-state index contributed by atoms with van der Waals surface area (Å²) < 4.78 is 10.5. The highest BCUT2D eigenvalue weighted by Crippen LogP contribution is 2.73. The summed E-state index contributed by atoms with van der Waals surface area (Å²) in [6.07, 6.45) is 7.89. The standard InChI is InChI=1S/C24H20N2O5/c1-30-23(29)14-4-2-3-13(11-14)18-8-5-15(31-18)12-25-26-21(27)19-16-6-7-17(20(19)22(26)28)24(16)9-10-24/h2-8,11-12,16-17,19-20H,9-10H2,1H3/b25-12-/t16-,17-,19+,20+/m1/s1. The third-order valence-electron chi connectivity index (χ3n) is 7.32. The number of amides is 2. The average molecular weight is 416 g/mol. The summed E-state index contributed by atoms with van der Waals surface area (Å²) in [5.41, 5.74) is 1.30. The van der Waals surface area contributed by atoms with Crippen molar-refractivity contribution < 1.29 is 23.5 Å². The first-order valence-electron chi connectivity index (χ1n) is 10.4. The Kier molecular flexibility index (Phi) is 3.70. The Hall–Kier alpha value is -3.48. The molecule has 4 aliphatic rings. The molecule has 1 saturated heterocycles. The molecule has 0 N–H and O–H groups in total. The minimum absolute atomic E-state index is 0.172. The van der Waals surface area contributed by atoms with E-state index in [1.54, 1.807) is 30.3 Å². The average Bonchev–Trinajstić information content (AvgIpc) is 3.07. The van der Waals surface area contributed by atoms with E-state index in [1.807, 2.05) is 6.07 Å². The van der Waals surface area contributed by atoms with Gasteiger partial charge in [-0.15, -0.1) is 0 Å². The number of imide groups is 1. The maximum atomic E-state index is 13.0. The third-order valence-corrected chi connectivity index (χ3v) is 7.32. The van der Waals surface area contributed by atoms with Crippen LogP contribution < -0.4 is 0 Å². The van der Waals surface area contributed by atoms with Crippen LogP contribution in [0.5, 0.6) is 0 Å². The summed E-state index contributed by atoms with van der Waals surface area (Å²) in [5, 5.41) is 5.21. The van der Waals surface area contributed by atoms with Crippen LogP contribution in [0.1, 0.15) is 29.0 Å². The van der Waals surface area contributed by atoms with Gasteiger partial charge in [0.05, 0.1) is 30.7 Å². The lowest BCUT2D eigenvalue weighted by molar-refractivity contribution is -0.141. The molecule has 1 aromatic carbocycles. The predicted molar refractivity (Wildman–Crippen MR) is 110 cm³/mol. The number of carbonyl (C=O) groups is 3. The van der Waals surface area contributed by atoms with E-state index in [4.69, 9.17) is 9.15 Å². The molecule has 2 amide bonds. The lowest BCUT2D eigenvalue weighted by Gasteiger charge is -2.18. The zero-order valence-corrected chi connectivity index (χ0v) is 16.9. The number of esters is 1. The second-order valence-electron chi connectivity index (χ2n) is 8.73. The molecule has 156 valence electrons. The Morgan fingerprint density at radius 3 is 2.48 bits per heavy atom. The molecule has 2 saturated carbocycles. The number of rotatable bonds is 4. The van der Waals surface area contributed by atoms with Gasteiger partial charge in [0, 0.05) is 5.56 Å². The molecular formula is C24H20N2O5. The number of hydrazone groups is 1. The Morgan fingerprint density at radius 1 is 1.13 bits per heavy atom. The van der Waals surface area contributed by atoms with E-state index >= 15 is 0 Å². The molecule has 1 spiro atoms. The molecule has 1 aliphatic heterocycles. The molecular weight excluding hydrogens is 396 g/mol. The van der Waals surface area contributed by atoms with Gasteiger partial charge in [0.25, 0.3) is 11.8 Å². The summed E-state index contributed by atoms with van der Waals surface area (Å²) in [6.45, 7) is 0. The molecule has 2 heterocycles. The van der Waals surface area contributed by atoms with Crippen molar-refractivity contribution >= 4 is 24.0 Å². The number of hydrogen-bond acceptors (Lipinski definition) is 6. The van der Waals surface area contributed by atoms with E-state index in [-0.39, 0.29) is 40.9 Å². The van der Waals surface area contributed by atoms with Crippen molar-refractivity contribution in [1.82, 2.24) is 5.01 Å². The molecule has 3 fully saturated rings. The number of furan rings is 1. The Balaban J connectivity index is 1.22. The first-order chi connectivity index (χ1) is 15.0. The van der Waals surface area contributed by atoms with Crippen molar-refractivity contribution in [3.8, 4) is 11.3 Å². The molecule has 7 nitrogen and oxygen atoms in total. The molecule has 0 radical (unpaired) electrons. The second-order valence-corrected chi connectivity index (χ2v) is 8.73. The molecule has 2 aromatic rings. The molecule has 1 aromatic heterocycles. The van der Waals surface area contributed by atoms with Crippen LogP contribution in [0.25, 0.3) is 11.3 Å². The minimum Gasteiger partial charge on any atom is -0.465 e. The topological polar surface area (TPSA) is 89.2 Å². The minimum atomic E-state index is -0.428. The van der Waals surface area contributed by atoms with Gasteiger partial charge in [-0.05, 0) is 54.4 Å². The van der Waals surface area contributed by atoms with Gasteiger partial charge in [0.2, 0.25) is 0 Å². The van der Waals surface area contributed by atoms with Crippen molar-refractivity contribution in [1.29, 1.82) is 0 Å². The lowest BCUT2D eigenvalue weighted by Crippen LogP contribution is -2.30. The van der Waals surface area contributed by atoms with Gasteiger partial charge in [-0.25, -0.2) is 4.79 Å². The van der Waals surface area contributed by atoms with E-state index in [1.165, 1.54) is 13.3 Å². The maximum Gasteiger partial charge on any atom is 0.337 e. The molecule has 2 bridgehead atoms. The van der Waals surface area contributed by atoms with Crippen LogP contribution in [0.2, 0.25) is 0 Å². The van der Waals surface area contributed by atoms with Crippen molar-refractivity contribution in [3.05, 3.63) is 59.9 Å². The molecule has 4 atom stereocenters. The van der Waals surface area contributed by atoms with Gasteiger partial charge in [-0.1, -0.05) is 24.3 Å². The number of carbonyl (C=O) groups excluding carboxylic acids is 3. The summed E-state index contributed by atoms with van der Waals surface area (Å²) in [5.74, 6) is -0.0577. The highest BCUT2D eigenvalue weighted by molar-refractivity contribution is 6.07. The number of allylic oxidation sites excluding steroid dienone is 2. The third kappa shape index (κ3) is 2.46. The highest BCUT2D eigenvalue weighted by atomic mass is 16.5. The van der Waals surface area contributed by atoms with Crippen molar-refractivity contribution in [2.24, 2.45) is 34.2 Å². The monoisotopic (exact) mass is 416 g/mol. The fraction of sp³-hybridized carbons (Fsp3) is 0.333. The predicted octanol–water partition coefficient (Wildman–Crippen LogP) is 3.26. The normalized spacial score (nSPS) is 29.4. The summed E-state index contributed by atoms with van der Waals surface area (Å²) in [4.78, 5) is 37.7. The largest absolute Gasteiger partial charge is 0.465 e. The molecule has 0 unspecified atom stereocenters. The summed E-state index contributed by atoms with van der Waals surface area (Å²) in [6, 6.07) is 10.4. The van der Waals surface area contributed by atoms with E-state index < -0.39 is 5.97 Å². The zero-order chi connectivity index (χ0) is 21.3. The van der Waals surface area contributed by atoms with Gasteiger partial charge in [-0.2, -0.15) is 10.1 Å². The Bertz CT molecular complexity index is 1150. The van der Waals surface area contributed by atoms with Crippen LogP contribution in [0.3, 0.4) is 0 Å².